The zero-order chi connectivity index (χ0) is 11.6. The van der Waals surface area contributed by atoms with E-state index in [1.54, 1.807) is 0 Å². The average Bonchev–Trinajstić information content (AvgIpc) is 2.15. The molecule has 0 radical (unpaired) electrons. The summed E-state index contributed by atoms with van der Waals surface area (Å²) in [6.45, 7) is 5.51. The molecule has 1 aliphatic rings. The minimum Gasteiger partial charge on any atom is -0.316 e. The van der Waals surface area contributed by atoms with Crippen molar-refractivity contribution < 1.29 is 4.39 Å². The van der Waals surface area contributed by atoms with E-state index >= 15 is 0 Å². The highest BCUT2D eigenvalue weighted by Gasteiger charge is 2.31. The number of aryl methyl sites for hydroxylation is 2. The fourth-order valence-electron chi connectivity index (χ4n) is 2.44. The van der Waals surface area contributed by atoms with Gasteiger partial charge >= 0.3 is 0 Å². The van der Waals surface area contributed by atoms with Gasteiger partial charge in [0.2, 0.25) is 0 Å². The summed E-state index contributed by atoms with van der Waals surface area (Å²) < 4.78 is 14.5. The molecule has 88 valence electrons. The molecule has 1 N–H and O–H groups in total. The number of hydrogen-bond donors (Lipinski definition) is 1. The Balaban J connectivity index is 2.13. The number of halogens is 1. The molecule has 0 atom stereocenters. The molecule has 1 fully saturated rings. The van der Waals surface area contributed by atoms with E-state index < -0.39 is 5.67 Å². The van der Waals surface area contributed by atoms with Crippen molar-refractivity contribution in [3.63, 3.8) is 0 Å². The molecule has 0 amide bonds. The third kappa shape index (κ3) is 2.79. The number of pyridine rings is 1. The summed E-state index contributed by atoms with van der Waals surface area (Å²) in [5.41, 5.74) is 2.01. The first-order valence-corrected chi connectivity index (χ1v) is 5.91. The Hall–Kier alpha value is -0.960. The zero-order valence-electron chi connectivity index (χ0n) is 10.0. The highest BCUT2D eigenvalue weighted by molar-refractivity contribution is 5.22. The minimum absolute atomic E-state index is 0.527. The maximum absolute atomic E-state index is 14.5. The molecule has 2 nitrogen and oxygen atoms in total. The van der Waals surface area contributed by atoms with Crippen LogP contribution in [0.25, 0.3) is 0 Å². The second-order valence-corrected chi connectivity index (χ2v) is 4.84. The van der Waals surface area contributed by atoms with E-state index in [4.69, 9.17) is 0 Å². The Bertz CT molecular complexity index is 350. The van der Waals surface area contributed by atoms with Gasteiger partial charge in [-0.2, -0.15) is 0 Å². The van der Waals surface area contributed by atoms with Crippen molar-refractivity contribution in [2.24, 2.45) is 0 Å². The molecule has 2 heterocycles. The SMILES string of the molecule is Cc1cc(CC2(F)CCNCC2)cc(C)n1. The van der Waals surface area contributed by atoms with Crippen molar-refractivity contribution in [1.29, 1.82) is 0 Å². The number of piperidine rings is 1. The fraction of sp³-hybridized carbons (Fsp3) is 0.615. The average molecular weight is 222 g/mol. The number of aromatic nitrogens is 1. The second kappa shape index (κ2) is 4.50. The number of nitrogens with zero attached hydrogens (tertiary/aromatic N) is 1. The first-order valence-electron chi connectivity index (χ1n) is 5.91. The van der Waals surface area contributed by atoms with Crippen molar-refractivity contribution in [3.8, 4) is 0 Å². The lowest BCUT2D eigenvalue weighted by Gasteiger charge is -2.30. The van der Waals surface area contributed by atoms with Gasteiger partial charge in [0.05, 0.1) is 0 Å². The Labute approximate surface area is 96.3 Å². The maximum atomic E-state index is 14.5. The van der Waals surface area contributed by atoms with Crippen molar-refractivity contribution in [2.45, 2.75) is 38.8 Å². The van der Waals surface area contributed by atoms with Crippen LogP contribution in [0.1, 0.15) is 29.8 Å². The van der Waals surface area contributed by atoms with Gasteiger partial charge in [-0.25, -0.2) is 4.39 Å². The standard InChI is InChI=1S/C13H19FN2/c1-10-7-12(8-11(2)16-10)9-13(14)3-5-15-6-4-13/h7-8,15H,3-6,9H2,1-2H3. The highest BCUT2D eigenvalue weighted by Crippen LogP contribution is 2.28. The molecule has 2 rings (SSSR count). The molecule has 1 aromatic heterocycles. The van der Waals surface area contributed by atoms with Crippen LogP contribution in [0.15, 0.2) is 12.1 Å². The normalized spacial score (nSPS) is 19.7. The van der Waals surface area contributed by atoms with Crippen LogP contribution in [0.5, 0.6) is 0 Å². The summed E-state index contributed by atoms with van der Waals surface area (Å²) in [4.78, 5) is 4.32. The molecule has 1 saturated heterocycles. The van der Waals surface area contributed by atoms with Crippen molar-refractivity contribution in [1.82, 2.24) is 10.3 Å². The first-order chi connectivity index (χ1) is 7.57. The van der Waals surface area contributed by atoms with Crippen molar-refractivity contribution in [3.05, 3.63) is 29.1 Å². The van der Waals surface area contributed by atoms with Crippen LogP contribution in [-0.4, -0.2) is 23.7 Å². The molecule has 16 heavy (non-hydrogen) atoms. The lowest BCUT2D eigenvalue weighted by molar-refractivity contribution is 0.116. The summed E-state index contributed by atoms with van der Waals surface area (Å²) in [6, 6.07) is 3.99. The van der Waals surface area contributed by atoms with Crippen LogP contribution in [0, 0.1) is 13.8 Å². The second-order valence-electron chi connectivity index (χ2n) is 4.84. The van der Waals surface area contributed by atoms with Gasteiger partial charge in [-0.05, 0) is 57.5 Å². The smallest absolute Gasteiger partial charge is 0.117 e. The molecule has 0 bridgehead atoms. The maximum Gasteiger partial charge on any atom is 0.117 e. The summed E-state index contributed by atoms with van der Waals surface area (Å²) >= 11 is 0. The molecule has 0 spiro atoms. The van der Waals surface area contributed by atoms with E-state index in [1.807, 2.05) is 26.0 Å². The molecule has 0 unspecified atom stereocenters. The minimum atomic E-state index is -1.02. The van der Waals surface area contributed by atoms with E-state index in [0.717, 1.165) is 30.0 Å². The molecular formula is C13H19FN2. The predicted molar refractivity (Wildman–Crippen MR) is 63.4 cm³/mol. The molecule has 0 aromatic carbocycles. The van der Waals surface area contributed by atoms with Gasteiger partial charge in [0.15, 0.2) is 0 Å². The van der Waals surface area contributed by atoms with Crippen molar-refractivity contribution >= 4 is 0 Å². The zero-order valence-corrected chi connectivity index (χ0v) is 10.0. The van der Waals surface area contributed by atoms with Gasteiger partial charge in [0, 0.05) is 17.8 Å². The lowest BCUT2D eigenvalue weighted by Crippen LogP contribution is -2.40. The summed E-state index contributed by atoms with van der Waals surface area (Å²) in [5.74, 6) is 0. The van der Waals surface area contributed by atoms with E-state index in [2.05, 4.69) is 10.3 Å². The van der Waals surface area contributed by atoms with Gasteiger partial charge in [-0.15, -0.1) is 0 Å². The first kappa shape index (κ1) is 11.5. The van der Waals surface area contributed by atoms with Crippen LogP contribution < -0.4 is 5.32 Å². The van der Waals surface area contributed by atoms with Crippen LogP contribution in [0.4, 0.5) is 4.39 Å². The molecule has 1 aliphatic heterocycles. The summed E-state index contributed by atoms with van der Waals surface area (Å²) in [5, 5.41) is 3.20. The largest absolute Gasteiger partial charge is 0.316 e. The molecule has 0 aliphatic carbocycles. The van der Waals surface area contributed by atoms with Crippen LogP contribution >= 0.6 is 0 Å². The molecule has 0 saturated carbocycles. The number of alkyl halides is 1. The Morgan fingerprint density at radius 2 is 1.81 bits per heavy atom. The highest BCUT2D eigenvalue weighted by atomic mass is 19.1. The van der Waals surface area contributed by atoms with Crippen LogP contribution in [0.2, 0.25) is 0 Å². The van der Waals surface area contributed by atoms with Gasteiger partial charge in [-0.3, -0.25) is 4.98 Å². The number of rotatable bonds is 2. The third-order valence-electron chi connectivity index (χ3n) is 3.16. The summed E-state index contributed by atoms with van der Waals surface area (Å²) in [6.07, 6.45) is 1.76. The third-order valence-corrected chi connectivity index (χ3v) is 3.16. The van der Waals surface area contributed by atoms with Crippen molar-refractivity contribution in [2.75, 3.05) is 13.1 Å². The van der Waals surface area contributed by atoms with Gasteiger partial charge in [0.1, 0.15) is 5.67 Å². The quantitative estimate of drug-likeness (QED) is 0.830. The molecule has 3 heteroatoms. The Morgan fingerprint density at radius 3 is 2.38 bits per heavy atom. The molecule has 1 aromatic rings. The predicted octanol–water partition coefficient (Wildman–Crippen LogP) is 2.33. The number of hydrogen-bond acceptors (Lipinski definition) is 2. The van der Waals surface area contributed by atoms with Gasteiger partial charge in [0.25, 0.3) is 0 Å². The van der Waals surface area contributed by atoms with Gasteiger partial charge in [-0.1, -0.05) is 0 Å². The van der Waals surface area contributed by atoms with E-state index in [1.165, 1.54) is 0 Å². The monoisotopic (exact) mass is 222 g/mol. The van der Waals surface area contributed by atoms with E-state index in [-0.39, 0.29) is 0 Å². The molecular weight excluding hydrogens is 203 g/mol. The lowest BCUT2D eigenvalue weighted by atomic mass is 9.87. The van der Waals surface area contributed by atoms with E-state index in [0.29, 0.717) is 19.3 Å². The topological polar surface area (TPSA) is 24.9 Å². The fourth-order valence-corrected chi connectivity index (χ4v) is 2.44. The van der Waals surface area contributed by atoms with Gasteiger partial charge < -0.3 is 5.32 Å². The van der Waals surface area contributed by atoms with E-state index in [9.17, 15) is 4.39 Å². The summed E-state index contributed by atoms with van der Waals surface area (Å²) in [7, 11) is 0. The van der Waals surface area contributed by atoms with Crippen LogP contribution in [-0.2, 0) is 6.42 Å². The van der Waals surface area contributed by atoms with Crippen LogP contribution in [0.3, 0.4) is 0 Å². The Morgan fingerprint density at radius 1 is 1.25 bits per heavy atom. The Kier molecular flexibility index (Phi) is 3.24. The number of nitrogens with one attached hydrogen (secondary N) is 1.